The number of hydrogen-bond acceptors (Lipinski definition) is 7. The predicted octanol–water partition coefficient (Wildman–Crippen LogP) is 2.50. The molecular weight excluding hydrogens is 429 g/mol. The van der Waals surface area contributed by atoms with Gasteiger partial charge in [-0.05, 0) is 24.3 Å². The quantitative estimate of drug-likeness (QED) is 0.601. The van der Waals surface area contributed by atoms with Gasteiger partial charge in [0.25, 0.3) is 11.1 Å². The Hall–Kier alpha value is -3.61. The molecule has 0 saturated heterocycles. The van der Waals surface area contributed by atoms with Crippen molar-refractivity contribution in [3.63, 3.8) is 0 Å². The summed E-state index contributed by atoms with van der Waals surface area (Å²) in [7, 11) is -3.20. The summed E-state index contributed by atoms with van der Waals surface area (Å²) in [5.74, 6) is -1.78. The maximum atomic E-state index is 12.5. The number of aromatic amines is 1. The second kappa shape index (κ2) is 8.02. The molecule has 3 aromatic rings. The van der Waals surface area contributed by atoms with Gasteiger partial charge < -0.3 is 9.47 Å². The number of sulfonamides is 1. The molecule has 0 bridgehead atoms. The van der Waals surface area contributed by atoms with Crippen molar-refractivity contribution >= 4 is 15.9 Å². The van der Waals surface area contributed by atoms with Crippen LogP contribution in [0, 0.1) is 0 Å². The Morgan fingerprint density at radius 3 is 2.37 bits per heavy atom. The van der Waals surface area contributed by atoms with Gasteiger partial charge in [-0.2, -0.15) is 13.4 Å². The monoisotopic (exact) mass is 442 g/mol. The Morgan fingerprint density at radius 2 is 1.70 bits per heavy atom. The van der Waals surface area contributed by atoms with Crippen LogP contribution in [0.2, 0.25) is 0 Å². The molecule has 1 aromatic heterocycles. The maximum Gasteiger partial charge on any atom is 0.573 e. The SMILES string of the molecule is COc1ccccc1-c1nc(S(=O)(=O)NC(=O)c2ccccc2OC(F)(F)F)n[nH]1. The molecule has 1 heterocycles. The molecule has 0 radical (unpaired) electrons. The first-order valence-corrected chi connectivity index (χ1v) is 9.57. The van der Waals surface area contributed by atoms with Gasteiger partial charge in [0.15, 0.2) is 5.82 Å². The van der Waals surface area contributed by atoms with Crippen LogP contribution in [0.25, 0.3) is 11.4 Å². The summed E-state index contributed by atoms with van der Waals surface area (Å²) in [6.45, 7) is 0. The summed E-state index contributed by atoms with van der Waals surface area (Å²) < 4.78 is 72.9. The first-order chi connectivity index (χ1) is 14.1. The Morgan fingerprint density at radius 1 is 1.07 bits per heavy atom. The molecule has 9 nitrogen and oxygen atoms in total. The third-order valence-corrected chi connectivity index (χ3v) is 4.77. The molecule has 0 spiro atoms. The van der Waals surface area contributed by atoms with E-state index in [-0.39, 0.29) is 5.82 Å². The average Bonchev–Trinajstić information content (AvgIpc) is 3.18. The smallest absolute Gasteiger partial charge is 0.496 e. The Kier molecular flexibility index (Phi) is 5.64. The molecule has 0 atom stereocenters. The topological polar surface area (TPSA) is 123 Å². The molecule has 3 rings (SSSR count). The fraction of sp³-hybridized carbons (Fsp3) is 0.118. The van der Waals surface area contributed by atoms with Crippen LogP contribution in [0.4, 0.5) is 13.2 Å². The molecule has 0 saturated carbocycles. The lowest BCUT2D eigenvalue weighted by Gasteiger charge is -2.12. The number of halogens is 3. The molecule has 13 heteroatoms. The number of carbonyl (C=O) groups excluding carboxylic acids is 1. The highest BCUT2D eigenvalue weighted by Gasteiger charge is 2.33. The summed E-state index contributed by atoms with van der Waals surface area (Å²) in [4.78, 5) is 16.1. The number of alkyl halides is 3. The largest absolute Gasteiger partial charge is 0.573 e. The minimum absolute atomic E-state index is 0.0427. The highest BCUT2D eigenvalue weighted by Crippen LogP contribution is 2.28. The average molecular weight is 442 g/mol. The fourth-order valence-corrected chi connectivity index (χ4v) is 3.24. The molecule has 0 aliphatic carbocycles. The number of amides is 1. The predicted molar refractivity (Wildman–Crippen MR) is 96.1 cm³/mol. The summed E-state index contributed by atoms with van der Waals surface area (Å²) in [5, 5.41) is 5.19. The maximum absolute atomic E-state index is 12.5. The highest BCUT2D eigenvalue weighted by molar-refractivity contribution is 7.89. The van der Waals surface area contributed by atoms with Crippen LogP contribution in [0.15, 0.2) is 53.7 Å². The number of hydrogen-bond donors (Lipinski definition) is 2. The summed E-state index contributed by atoms with van der Waals surface area (Å²) >= 11 is 0. The van der Waals surface area contributed by atoms with Gasteiger partial charge in [0.1, 0.15) is 11.5 Å². The van der Waals surface area contributed by atoms with Crippen molar-refractivity contribution in [1.82, 2.24) is 19.9 Å². The summed E-state index contributed by atoms with van der Waals surface area (Å²) in [6, 6.07) is 10.9. The van der Waals surface area contributed by atoms with Crippen LogP contribution in [0.3, 0.4) is 0 Å². The lowest BCUT2D eigenvalue weighted by atomic mass is 10.2. The van der Waals surface area contributed by atoms with Gasteiger partial charge in [-0.3, -0.25) is 9.89 Å². The molecule has 0 fully saturated rings. The van der Waals surface area contributed by atoms with Gasteiger partial charge in [0, 0.05) is 0 Å². The second-order valence-electron chi connectivity index (χ2n) is 5.65. The van der Waals surface area contributed by atoms with Crippen molar-refractivity contribution in [3.8, 4) is 22.9 Å². The lowest BCUT2D eigenvalue weighted by Crippen LogP contribution is -2.32. The van der Waals surface area contributed by atoms with Crippen LogP contribution >= 0.6 is 0 Å². The second-order valence-corrected chi connectivity index (χ2v) is 7.22. The van der Waals surface area contributed by atoms with E-state index in [0.717, 1.165) is 12.1 Å². The van der Waals surface area contributed by atoms with Crippen molar-refractivity contribution in [2.24, 2.45) is 0 Å². The third-order valence-electron chi connectivity index (χ3n) is 3.65. The Labute approximate surface area is 167 Å². The molecule has 1 amide bonds. The van der Waals surface area contributed by atoms with Crippen molar-refractivity contribution in [2.75, 3.05) is 7.11 Å². The van der Waals surface area contributed by atoms with Crippen molar-refractivity contribution in [2.45, 2.75) is 11.5 Å². The number of para-hydroxylation sites is 2. The summed E-state index contributed by atoms with van der Waals surface area (Å²) in [5.41, 5.74) is -0.233. The van der Waals surface area contributed by atoms with Gasteiger partial charge >= 0.3 is 16.4 Å². The molecule has 0 unspecified atom stereocenters. The van der Waals surface area contributed by atoms with Crippen molar-refractivity contribution in [1.29, 1.82) is 0 Å². The van der Waals surface area contributed by atoms with Gasteiger partial charge in [-0.25, -0.2) is 4.72 Å². The number of ether oxygens (including phenoxy) is 2. The van der Waals surface area contributed by atoms with Crippen molar-refractivity contribution in [3.05, 3.63) is 54.1 Å². The molecule has 0 aliphatic rings. The molecule has 2 N–H and O–H groups in total. The first kappa shape index (κ1) is 21.1. The van der Waals surface area contributed by atoms with E-state index >= 15 is 0 Å². The van der Waals surface area contributed by atoms with Gasteiger partial charge in [-0.15, -0.1) is 18.3 Å². The number of H-pyrrole nitrogens is 1. The zero-order valence-corrected chi connectivity index (χ0v) is 15.9. The number of carbonyl (C=O) groups is 1. The zero-order valence-electron chi connectivity index (χ0n) is 15.1. The Bertz CT molecular complexity index is 1180. The zero-order chi connectivity index (χ0) is 21.9. The number of nitrogens with one attached hydrogen (secondary N) is 2. The fourth-order valence-electron chi connectivity index (χ4n) is 2.42. The van der Waals surface area contributed by atoms with E-state index in [2.05, 4.69) is 19.9 Å². The van der Waals surface area contributed by atoms with Crippen LogP contribution in [0.5, 0.6) is 11.5 Å². The van der Waals surface area contributed by atoms with E-state index < -0.39 is 38.8 Å². The van der Waals surface area contributed by atoms with E-state index in [1.54, 1.807) is 29.0 Å². The standard InChI is InChI=1S/C17H13F3N4O5S/c1-28-12-8-4-2-6-10(12)14-21-16(23-22-14)30(26,27)24-15(25)11-7-3-5-9-13(11)29-17(18,19)20/h2-9H,1H3,(H,24,25)(H,21,22,23). The minimum Gasteiger partial charge on any atom is -0.496 e. The summed E-state index contributed by atoms with van der Waals surface area (Å²) in [6.07, 6.45) is -5.07. The molecular formula is C17H13F3N4O5S. The van der Waals surface area contributed by atoms with E-state index in [4.69, 9.17) is 4.74 Å². The first-order valence-electron chi connectivity index (χ1n) is 8.08. The number of methoxy groups -OCH3 is 1. The van der Waals surface area contributed by atoms with Crippen LogP contribution in [-0.2, 0) is 10.0 Å². The lowest BCUT2D eigenvalue weighted by molar-refractivity contribution is -0.274. The van der Waals surface area contributed by atoms with Crippen LogP contribution < -0.4 is 14.2 Å². The normalized spacial score (nSPS) is 11.7. The molecule has 0 aliphatic heterocycles. The van der Waals surface area contributed by atoms with Gasteiger partial charge in [0.05, 0.1) is 18.2 Å². The van der Waals surface area contributed by atoms with E-state index in [9.17, 15) is 26.4 Å². The van der Waals surface area contributed by atoms with Gasteiger partial charge in [-0.1, -0.05) is 24.3 Å². The number of aromatic nitrogens is 3. The van der Waals surface area contributed by atoms with E-state index in [0.29, 0.717) is 11.3 Å². The third kappa shape index (κ3) is 4.68. The number of nitrogens with zero attached hydrogens (tertiary/aromatic N) is 2. The van der Waals surface area contributed by atoms with Crippen LogP contribution in [-0.4, -0.2) is 43.0 Å². The molecule has 30 heavy (non-hydrogen) atoms. The minimum atomic E-state index is -5.07. The number of rotatable bonds is 6. The van der Waals surface area contributed by atoms with E-state index in [1.807, 2.05) is 0 Å². The van der Waals surface area contributed by atoms with E-state index in [1.165, 1.54) is 19.2 Å². The molecule has 2 aromatic carbocycles. The van der Waals surface area contributed by atoms with Crippen molar-refractivity contribution < 1.29 is 35.9 Å². The Balaban J connectivity index is 1.86. The van der Waals surface area contributed by atoms with Crippen LogP contribution in [0.1, 0.15) is 10.4 Å². The molecule has 158 valence electrons. The number of benzene rings is 2. The highest BCUT2D eigenvalue weighted by atomic mass is 32.2. The van der Waals surface area contributed by atoms with Gasteiger partial charge in [0.2, 0.25) is 0 Å².